The molecule has 136 valence electrons. The van der Waals surface area contributed by atoms with E-state index < -0.39 is 0 Å². The van der Waals surface area contributed by atoms with Gasteiger partial charge in [0.2, 0.25) is 5.91 Å². The van der Waals surface area contributed by atoms with Crippen LogP contribution >= 0.6 is 12.4 Å². The van der Waals surface area contributed by atoms with E-state index >= 15 is 0 Å². The quantitative estimate of drug-likeness (QED) is 0.853. The predicted molar refractivity (Wildman–Crippen MR) is 101 cm³/mol. The van der Waals surface area contributed by atoms with E-state index in [1.807, 2.05) is 29.2 Å². The van der Waals surface area contributed by atoms with E-state index in [-0.39, 0.29) is 24.4 Å². The maximum absolute atomic E-state index is 12.6. The molecule has 0 spiro atoms. The maximum Gasteiger partial charge on any atom is 0.227 e. The molecular formula is C19H31ClN2O2. The van der Waals surface area contributed by atoms with Gasteiger partial charge in [0.1, 0.15) is 5.75 Å². The Labute approximate surface area is 152 Å². The van der Waals surface area contributed by atoms with E-state index in [0.29, 0.717) is 31.4 Å². The van der Waals surface area contributed by atoms with Crippen LogP contribution in [0.25, 0.3) is 0 Å². The smallest absolute Gasteiger partial charge is 0.227 e. The van der Waals surface area contributed by atoms with Crippen molar-refractivity contribution in [3.63, 3.8) is 0 Å². The van der Waals surface area contributed by atoms with Crippen molar-refractivity contribution in [2.75, 3.05) is 19.7 Å². The molecule has 4 nitrogen and oxygen atoms in total. The maximum atomic E-state index is 12.6. The number of hydrogen-bond acceptors (Lipinski definition) is 3. The van der Waals surface area contributed by atoms with Crippen LogP contribution in [0.5, 0.6) is 5.75 Å². The number of amides is 1. The number of ether oxygens (including phenoxy) is 1. The normalized spacial score (nSPS) is 20.6. The number of nitrogens with zero attached hydrogens (tertiary/aromatic N) is 1. The molecule has 2 rings (SSSR count). The summed E-state index contributed by atoms with van der Waals surface area (Å²) < 4.78 is 5.68. The van der Waals surface area contributed by atoms with Gasteiger partial charge >= 0.3 is 0 Å². The summed E-state index contributed by atoms with van der Waals surface area (Å²) in [6.45, 7) is 8.58. The van der Waals surface area contributed by atoms with Crippen molar-refractivity contribution in [1.82, 2.24) is 4.90 Å². The molecule has 2 atom stereocenters. The zero-order valence-corrected chi connectivity index (χ0v) is 15.8. The number of nitrogens with two attached hydrogens (primary N) is 1. The number of carbonyl (C=O) groups is 1. The highest BCUT2D eigenvalue weighted by Gasteiger charge is 2.28. The molecule has 24 heavy (non-hydrogen) atoms. The Bertz CT molecular complexity index is 505. The van der Waals surface area contributed by atoms with E-state index in [2.05, 4.69) is 20.8 Å². The Kier molecular flexibility index (Phi) is 8.57. The van der Waals surface area contributed by atoms with Gasteiger partial charge in [-0.2, -0.15) is 0 Å². The highest BCUT2D eigenvalue weighted by molar-refractivity contribution is 5.85. The lowest BCUT2D eigenvalue weighted by Gasteiger charge is -2.38. The van der Waals surface area contributed by atoms with Crippen LogP contribution in [-0.2, 0) is 11.2 Å². The highest BCUT2D eigenvalue weighted by atomic mass is 35.5. The lowest BCUT2D eigenvalue weighted by Crippen LogP contribution is -2.49. The molecule has 1 aliphatic rings. The fraction of sp³-hybridized carbons (Fsp3) is 0.632. The minimum Gasteiger partial charge on any atom is -0.493 e. The SMILES string of the molecule is CC(C)COc1ccc(CC(=O)N2CCC(C)CC2CN)cc1.Cl. The van der Waals surface area contributed by atoms with E-state index in [9.17, 15) is 4.79 Å². The first-order chi connectivity index (χ1) is 11.0. The van der Waals surface area contributed by atoms with Crippen LogP contribution in [-0.4, -0.2) is 36.5 Å². The minimum atomic E-state index is 0. The molecule has 0 bridgehead atoms. The minimum absolute atomic E-state index is 0. The summed E-state index contributed by atoms with van der Waals surface area (Å²) in [4.78, 5) is 14.6. The molecule has 0 aromatic heterocycles. The zero-order chi connectivity index (χ0) is 16.8. The topological polar surface area (TPSA) is 55.6 Å². The molecule has 2 unspecified atom stereocenters. The van der Waals surface area contributed by atoms with Gasteiger partial charge < -0.3 is 15.4 Å². The van der Waals surface area contributed by atoms with Crippen molar-refractivity contribution in [2.24, 2.45) is 17.6 Å². The summed E-state index contributed by atoms with van der Waals surface area (Å²) in [5.41, 5.74) is 6.88. The Morgan fingerprint density at radius 3 is 2.58 bits per heavy atom. The number of hydrogen-bond donors (Lipinski definition) is 1. The first kappa shape index (κ1) is 20.8. The second-order valence-electron chi connectivity index (χ2n) is 7.13. The van der Waals surface area contributed by atoms with Crippen LogP contribution in [0.3, 0.4) is 0 Å². The van der Waals surface area contributed by atoms with E-state index in [1.165, 1.54) is 0 Å². The zero-order valence-electron chi connectivity index (χ0n) is 15.0. The molecule has 5 heteroatoms. The summed E-state index contributed by atoms with van der Waals surface area (Å²) >= 11 is 0. The van der Waals surface area contributed by atoms with E-state index in [4.69, 9.17) is 10.5 Å². The number of rotatable bonds is 6. The second-order valence-corrected chi connectivity index (χ2v) is 7.13. The fourth-order valence-corrected chi connectivity index (χ4v) is 3.05. The Morgan fingerprint density at radius 1 is 1.33 bits per heavy atom. The Morgan fingerprint density at radius 2 is 2.00 bits per heavy atom. The standard InChI is InChI=1S/C19H30N2O2.ClH/c1-14(2)13-23-18-6-4-16(5-7-18)11-19(22)21-9-8-15(3)10-17(21)12-20;/h4-7,14-15,17H,8-13,20H2,1-3H3;1H. The van der Waals surface area contributed by atoms with Crippen LogP contribution in [0, 0.1) is 11.8 Å². The predicted octanol–water partition coefficient (Wildman–Crippen LogP) is 3.27. The third-order valence-electron chi connectivity index (χ3n) is 4.43. The number of carbonyl (C=O) groups excluding carboxylic acids is 1. The third-order valence-corrected chi connectivity index (χ3v) is 4.43. The first-order valence-corrected chi connectivity index (χ1v) is 8.70. The van der Waals surface area contributed by atoms with Crippen LogP contribution in [0.15, 0.2) is 24.3 Å². The van der Waals surface area contributed by atoms with E-state index in [0.717, 1.165) is 30.7 Å². The average Bonchev–Trinajstić information content (AvgIpc) is 2.53. The molecule has 0 saturated carbocycles. The van der Waals surface area contributed by atoms with Gasteiger partial charge in [-0.05, 0) is 42.4 Å². The van der Waals surface area contributed by atoms with Gasteiger partial charge in [-0.1, -0.05) is 32.9 Å². The summed E-state index contributed by atoms with van der Waals surface area (Å²) in [6.07, 6.45) is 2.53. The van der Waals surface area contributed by atoms with Gasteiger partial charge in [-0.15, -0.1) is 12.4 Å². The Balaban J connectivity index is 0.00000288. The molecule has 0 aliphatic carbocycles. The largest absolute Gasteiger partial charge is 0.493 e. The van der Waals surface area contributed by atoms with Gasteiger partial charge in [-0.3, -0.25) is 4.79 Å². The molecule has 2 N–H and O–H groups in total. The third kappa shape index (κ3) is 5.99. The summed E-state index contributed by atoms with van der Waals surface area (Å²) in [6, 6.07) is 8.06. The van der Waals surface area contributed by atoms with Crippen LogP contribution in [0.2, 0.25) is 0 Å². The number of likely N-dealkylation sites (tertiary alicyclic amines) is 1. The fourth-order valence-electron chi connectivity index (χ4n) is 3.05. The summed E-state index contributed by atoms with van der Waals surface area (Å²) in [5, 5.41) is 0. The second kappa shape index (κ2) is 9.90. The van der Waals surface area contributed by atoms with Gasteiger partial charge in [0.25, 0.3) is 0 Å². The lowest BCUT2D eigenvalue weighted by atomic mass is 9.92. The van der Waals surface area contributed by atoms with Crippen molar-refractivity contribution in [1.29, 1.82) is 0 Å². The van der Waals surface area contributed by atoms with Gasteiger partial charge in [-0.25, -0.2) is 0 Å². The molecule has 1 fully saturated rings. The molecule has 1 aliphatic heterocycles. The van der Waals surface area contributed by atoms with Gasteiger partial charge in [0, 0.05) is 19.1 Å². The van der Waals surface area contributed by atoms with Crippen LogP contribution in [0.1, 0.15) is 39.2 Å². The van der Waals surface area contributed by atoms with Crippen molar-refractivity contribution in [3.8, 4) is 5.75 Å². The number of halogens is 1. The average molecular weight is 355 g/mol. The monoisotopic (exact) mass is 354 g/mol. The number of benzene rings is 1. The van der Waals surface area contributed by atoms with Crippen molar-refractivity contribution in [2.45, 2.75) is 46.1 Å². The van der Waals surface area contributed by atoms with Crippen molar-refractivity contribution in [3.05, 3.63) is 29.8 Å². The van der Waals surface area contributed by atoms with E-state index in [1.54, 1.807) is 0 Å². The first-order valence-electron chi connectivity index (χ1n) is 8.70. The van der Waals surface area contributed by atoms with Crippen LogP contribution in [0.4, 0.5) is 0 Å². The molecule has 0 radical (unpaired) electrons. The van der Waals surface area contributed by atoms with Crippen molar-refractivity contribution < 1.29 is 9.53 Å². The molecule has 1 aromatic carbocycles. The summed E-state index contributed by atoms with van der Waals surface area (Å²) in [5.74, 6) is 2.21. The molecule has 1 amide bonds. The van der Waals surface area contributed by atoms with Gasteiger partial charge in [0.05, 0.1) is 13.0 Å². The number of piperidine rings is 1. The molecule has 1 heterocycles. The van der Waals surface area contributed by atoms with Crippen LogP contribution < -0.4 is 10.5 Å². The highest BCUT2D eigenvalue weighted by Crippen LogP contribution is 2.23. The molecular weight excluding hydrogens is 324 g/mol. The van der Waals surface area contributed by atoms with Crippen molar-refractivity contribution >= 4 is 18.3 Å². The van der Waals surface area contributed by atoms with Gasteiger partial charge in [0.15, 0.2) is 0 Å². The molecule has 1 aromatic rings. The Hall–Kier alpha value is -1.26. The lowest BCUT2D eigenvalue weighted by molar-refractivity contribution is -0.134. The summed E-state index contributed by atoms with van der Waals surface area (Å²) in [7, 11) is 0. The molecule has 1 saturated heterocycles.